The Hall–Kier alpha value is -2.39. The van der Waals surface area contributed by atoms with Crippen LogP contribution in [0.4, 0.5) is 13.2 Å². The van der Waals surface area contributed by atoms with Crippen molar-refractivity contribution in [2.24, 2.45) is 0 Å². The molecular formula is C14H16F3N5O2. The Balaban J connectivity index is 1.56. The number of rotatable bonds is 3. The monoisotopic (exact) mass is 343 g/mol. The van der Waals surface area contributed by atoms with Gasteiger partial charge in [-0.25, -0.2) is 9.61 Å². The maximum atomic E-state index is 12.6. The second-order valence-electron chi connectivity index (χ2n) is 5.81. The smallest absolute Gasteiger partial charge is 0.342 e. The standard InChI is InChI=1S/C14H16F3N5O2/c1-8-10(21-24-20-8)6-12(23)22-4-2-9(3-5-22)13-18-7-11(19-13)14(15,16)17/h7,9H,2-6H2,1H3,(H,18,19). The second kappa shape index (κ2) is 6.25. The van der Waals surface area contributed by atoms with Crippen molar-refractivity contribution in [3.05, 3.63) is 29.1 Å². The molecule has 0 atom stereocenters. The molecule has 2 aromatic rings. The van der Waals surface area contributed by atoms with Gasteiger partial charge >= 0.3 is 6.18 Å². The van der Waals surface area contributed by atoms with Crippen LogP contribution in [0.2, 0.25) is 0 Å². The summed E-state index contributed by atoms with van der Waals surface area (Å²) in [6.07, 6.45) is -2.38. The van der Waals surface area contributed by atoms with E-state index in [1.54, 1.807) is 11.8 Å². The van der Waals surface area contributed by atoms with Crippen LogP contribution in [0, 0.1) is 6.92 Å². The number of aromatic amines is 1. The third-order valence-corrected chi connectivity index (χ3v) is 4.20. The number of hydrogen-bond donors (Lipinski definition) is 1. The van der Waals surface area contributed by atoms with Crippen LogP contribution in [-0.4, -0.2) is 44.2 Å². The number of imidazole rings is 1. The van der Waals surface area contributed by atoms with E-state index in [0.717, 1.165) is 6.20 Å². The minimum atomic E-state index is -4.43. The molecule has 7 nitrogen and oxygen atoms in total. The van der Waals surface area contributed by atoms with Crippen molar-refractivity contribution in [2.75, 3.05) is 13.1 Å². The van der Waals surface area contributed by atoms with Gasteiger partial charge in [0, 0.05) is 19.0 Å². The van der Waals surface area contributed by atoms with Crippen LogP contribution in [0.15, 0.2) is 10.8 Å². The van der Waals surface area contributed by atoms with Gasteiger partial charge in [-0.1, -0.05) is 10.3 Å². The lowest BCUT2D eigenvalue weighted by molar-refractivity contribution is -0.141. The largest absolute Gasteiger partial charge is 0.432 e. The molecule has 10 heteroatoms. The fraction of sp³-hybridized carbons (Fsp3) is 0.571. The number of nitrogens with one attached hydrogen (secondary N) is 1. The minimum absolute atomic E-state index is 0.0947. The van der Waals surface area contributed by atoms with Crippen LogP contribution in [0.1, 0.15) is 41.7 Å². The van der Waals surface area contributed by atoms with E-state index in [4.69, 9.17) is 0 Å². The molecule has 1 saturated heterocycles. The number of alkyl halides is 3. The number of hydrogen-bond acceptors (Lipinski definition) is 5. The maximum Gasteiger partial charge on any atom is 0.432 e. The van der Waals surface area contributed by atoms with E-state index in [1.165, 1.54) is 0 Å². The van der Waals surface area contributed by atoms with Crippen molar-refractivity contribution in [1.29, 1.82) is 0 Å². The lowest BCUT2D eigenvalue weighted by atomic mass is 9.96. The first kappa shape index (κ1) is 16.5. The number of halogens is 3. The van der Waals surface area contributed by atoms with E-state index in [1.807, 2.05) is 0 Å². The number of H-pyrrole nitrogens is 1. The highest BCUT2D eigenvalue weighted by Gasteiger charge is 2.34. The molecule has 3 heterocycles. The average Bonchev–Trinajstić information content (AvgIpc) is 3.17. The van der Waals surface area contributed by atoms with Gasteiger partial charge in [0.05, 0.1) is 12.6 Å². The molecule has 0 aromatic carbocycles. The van der Waals surface area contributed by atoms with Crippen LogP contribution in [0.25, 0.3) is 0 Å². The fourth-order valence-electron chi connectivity index (χ4n) is 2.76. The van der Waals surface area contributed by atoms with Crippen LogP contribution < -0.4 is 0 Å². The Morgan fingerprint density at radius 1 is 1.38 bits per heavy atom. The van der Waals surface area contributed by atoms with Crippen molar-refractivity contribution < 1.29 is 22.6 Å². The molecule has 0 bridgehead atoms. The number of nitrogens with zero attached hydrogens (tertiary/aromatic N) is 4. The highest BCUT2D eigenvalue weighted by molar-refractivity contribution is 5.78. The topological polar surface area (TPSA) is 87.9 Å². The molecule has 3 rings (SSSR count). The molecule has 0 unspecified atom stereocenters. The first-order valence-corrected chi connectivity index (χ1v) is 7.52. The van der Waals surface area contributed by atoms with Crippen molar-refractivity contribution in [3.8, 4) is 0 Å². The molecular weight excluding hydrogens is 327 g/mol. The summed E-state index contributed by atoms with van der Waals surface area (Å²) in [5.74, 6) is 0.120. The summed E-state index contributed by atoms with van der Waals surface area (Å²) >= 11 is 0. The second-order valence-corrected chi connectivity index (χ2v) is 5.81. The van der Waals surface area contributed by atoms with E-state index in [0.29, 0.717) is 43.1 Å². The Morgan fingerprint density at radius 2 is 2.08 bits per heavy atom. The molecule has 0 spiro atoms. The van der Waals surface area contributed by atoms with E-state index in [-0.39, 0.29) is 18.2 Å². The quantitative estimate of drug-likeness (QED) is 0.922. The van der Waals surface area contributed by atoms with Crippen molar-refractivity contribution >= 4 is 5.91 Å². The number of likely N-dealkylation sites (tertiary alicyclic amines) is 1. The summed E-state index contributed by atoms with van der Waals surface area (Å²) in [5, 5.41) is 7.31. The Labute approximate surface area is 135 Å². The predicted octanol–water partition coefficient (Wildman–Crippen LogP) is 2.07. The van der Waals surface area contributed by atoms with Crippen LogP contribution >= 0.6 is 0 Å². The molecule has 2 aromatic heterocycles. The average molecular weight is 343 g/mol. The molecule has 130 valence electrons. The Morgan fingerprint density at radius 3 is 2.62 bits per heavy atom. The van der Waals surface area contributed by atoms with Gasteiger partial charge in [-0.15, -0.1) is 0 Å². The van der Waals surface area contributed by atoms with Crippen LogP contribution in [-0.2, 0) is 17.4 Å². The highest BCUT2D eigenvalue weighted by atomic mass is 19.4. The molecule has 0 saturated carbocycles. The van der Waals surface area contributed by atoms with Gasteiger partial charge in [-0.3, -0.25) is 4.79 Å². The molecule has 24 heavy (non-hydrogen) atoms. The molecule has 1 aliphatic heterocycles. The third kappa shape index (κ3) is 3.41. The van der Waals surface area contributed by atoms with Crippen molar-refractivity contribution in [2.45, 2.75) is 38.3 Å². The van der Waals surface area contributed by atoms with Gasteiger partial charge in [0.25, 0.3) is 0 Å². The van der Waals surface area contributed by atoms with Crippen LogP contribution in [0.3, 0.4) is 0 Å². The number of aromatic nitrogens is 4. The first-order chi connectivity index (χ1) is 11.3. The van der Waals surface area contributed by atoms with E-state index in [2.05, 4.69) is 24.9 Å². The normalized spacial score (nSPS) is 16.6. The maximum absolute atomic E-state index is 12.6. The molecule has 1 N–H and O–H groups in total. The number of piperidine rings is 1. The van der Waals surface area contributed by atoms with Gasteiger partial charge in [0.1, 0.15) is 22.9 Å². The number of carbonyl (C=O) groups excluding carboxylic acids is 1. The number of amides is 1. The summed E-state index contributed by atoms with van der Waals surface area (Å²) in [7, 11) is 0. The highest BCUT2D eigenvalue weighted by Crippen LogP contribution is 2.31. The molecule has 0 radical (unpaired) electrons. The lowest BCUT2D eigenvalue weighted by Crippen LogP contribution is -2.39. The summed E-state index contributed by atoms with van der Waals surface area (Å²) in [5.41, 5.74) is 0.237. The summed E-state index contributed by atoms with van der Waals surface area (Å²) in [6.45, 7) is 2.65. The van der Waals surface area contributed by atoms with Crippen molar-refractivity contribution in [3.63, 3.8) is 0 Å². The number of carbonyl (C=O) groups is 1. The molecule has 1 fully saturated rings. The summed E-state index contributed by atoms with van der Waals surface area (Å²) in [6, 6.07) is 0. The SMILES string of the molecule is Cc1nonc1CC(=O)N1CCC(c2ncc(C(F)(F)F)[nH]2)CC1. The van der Waals surface area contributed by atoms with Gasteiger partial charge in [-0.2, -0.15) is 13.2 Å². The van der Waals surface area contributed by atoms with E-state index >= 15 is 0 Å². The zero-order valence-corrected chi connectivity index (χ0v) is 12.9. The molecule has 0 aliphatic carbocycles. The van der Waals surface area contributed by atoms with Gasteiger partial charge in [0.15, 0.2) is 0 Å². The zero-order chi connectivity index (χ0) is 17.3. The number of aryl methyl sites for hydroxylation is 1. The predicted molar refractivity (Wildman–Crippen MR) is 74.9 cm³/mol. The van der Waals surface area contributed by atoms with Crippen molar-refractivity contribution in [1.82, 2.24) is 25.2 Å². The van der Waals surface area contributed by atoms with Gasteiger partial charge in [-0.05, 0) is 19.8 Å². The Kier molecular flexibility index (Phi) is 4.29. The summed E-state index contributed by atoms with van der Waals surface area (Å²) in [4.78, 5) is 20.1. The molecule has 1 aliphatic rings. The Bertz CT molecular complexity index is 716. The fourth-order valence-corrected chi connectivity index (χ4v) is 2.76. The first-order valence-electron chi connectivity index (χ1n) is 7.52. The minimum Gasteiger partial charge on any atom is -0.342 e. The van der Waals surface area contributed by atoms with Gasteiger partial charge < -0.3 is 9.88 Å². The summed E-state index contributed by atoms with van der Waals surface area (Å²) < 4.78 is 42.4. The molecule has 1 amide bonds. The third-order valence-electron chi connectivity index (χ3n) is 4.20. The zero-order valence-electron chi connectivity index (χ0n) is 12.9. The lowest BCUT2D eigenvalue weighted by Gasteiger charge is -2.31. The van der Waals surface area contributed by atoms with E-state index < -0.39 is 11.9 Å². The van der Waals surface area contributed by atoms with Crippen LogP contribution in [0.5, 0.6) is 0 Å². The van der Waals surface area contributed by atoms with E-state index in [9.17, 15) is 18.0 Å². The van der Waals surface area contributed by atoms with Gasteiger partial charge in [0.2, 0.25) is 5.91 Å².